The van der Waals surface area contributed by atoms with Crippen LogP contribution >= 0.6 is 0 Å². The lowest BCUT2D eigenvalue weighted by Gasteiger charge is -2.19. The molecule has 0 aromatic heterocycles. The molecule has 27 heavy (non-hydrogen) atoms. The summed E-state index contributed by atoms with van der Waals surface area (Å²) in [6.07, 6.45) is 4.39. The largest absolute Gasteiger partial charge is 0.512 e. The molecule has 0 saturated heterocycles. The summed E-state index contributed by atoms with van der Waals surface area (Å²) in [4.78, 5) is 8.00. The van der Waals surface area contributed by atoms with Gasteiger partial charge in [-0.1, -0.05) is 65.3 Å². The first-order valence-electron chi connectivity index (χ1n) is 9.35. The molecule has 0 aliphatic rings. The Morgan fingerprint density at radius 1 is 1.22 bits per heavy atom. The Labute approximate surface area is 165 Å². The standard InChI is InChI=1S/C16H24N2O.C5H13N.CH2O/c1-11(14(19)10-15(17)18)9-12-5-7-13(8-6-12)16(2,3)4;1-3-4-5(2)6;1-2/h5-8,10-11,19H,9H2,1-4H3,(H3,17,18);5H,3-4,6H2,1-2H3;1H2/b14-10-;;. The van der Waals surface area contributed by atoms with Gasteiger partial charge in [0.15, 0.2) is 0 Å². The molecule has 0 amide bonds. The number of nitrogens with two attached hydrogens (primary N) is 2. The zero-order valence-electron chi connectivity index (χ0n) is 17.9. The van der Waals surface area contributed by atoms with Crippen molar-refractivity contribution in [3.63, 3.8) is 0 Å². The van der Waals surface area contributed by atoms with Crippen LogP contribution in [0.4, 0.5) is 0 Å². The van der Waals surface area contributed by atoms with Crippen molar-refractivity contribution in [2.45, 2.75) is 72.3 Å². The van der Waals surface area contributed by atoms with Gasteiger partial charge in [0.05, 0.1) is 5.76 Å². The van der Waals surface area contributed by atoms with Gasteiger partial charge in [0.25, 0.3) is 0 Å². The van der Waals surface area contributed by atoms with E-state index in [9.17, 15) is 5.11 Å². The van der Waals surface area contributed by atoms with E-state index >= 15 is 0 Å². The van der Waals surface area contributed by atoms with E-state index < -0.39 is 0 Å². The SMILES string of the molecule is C=O.CC(Cc1ccc(C(C)(C)C)cc1)/C(O)=C/C(=N)N.CCCC(C)N. The van der Waals surface area contributed by atoms with Gasteiger partial charge in [-0.2, -0.15) is 0 Å². The fourth-order valence-electron chi connectivity index (χ4n) is 2.36. The molecule has 2 atom stereocenters. The quantitative estimate of drug-likeness (QED) is 0.332. The second-order valence-electron chi connectivity index (χ2n) is 7.84. The van der Waals surface area contributed by atoms with Gasteiger partial charge in [0.2, 0.25) is 0 Å². The van der Waals surface area contributed by atoms with Gasteiger partial charge in [0.1, 0.15) is 12.6 Å². The van der Waals surface area contributed by atoms with Gasteiger partial charge in [0, 0.05) is 18.0 Å². The lowest BCUT2D eigenvalue weighted by Crippen LogP contribution is -2.13. The van der Waals surface area contributed by atoms with Crippen LogP contribution in [-0.4, -0.2) is 23.8 Å². The number of nitrogens with one attached hydrogen (secondary N) is 1. The zero-order valence-corrected chi connectivity index (χ0v) is 17.9. The topological polar surface area (TPSA) is 113 Å². The molecule has 154 valence electrons. The number of carbonyl (C=O) groups is 1. The van der Waals surface area contributed by atoms with Crippen LogP contribution in [0.25, 0.3) is 0 Å². The number of aliphatic hydroxyl groups is 1. The van der Waals surface area contributed by atoms with E-state index in [-0.39, 0.29) is 22.9 Å². The zero-order chi connectivity index (χ0) is 21.6. The molecule has 1 aromatic carbocycles. The van der Waals surface area contributed by atoms with E-state index in [2.05, 4.69) is 52.0 Å². The number of carbonyl (C=O) groups excluding carboxylic acids is 1. The van der Waals surface area contributed by atoms with Gasteiger partial charge in [-0.05, 0) is 36.3 Å². The van der Waals surface area contributed by atoms with Crippen molar-refractivity contribution < 1.29 is 9.90 Å². The maximum atomic E-state index is 9.77. The molecular formula is C22H39N3O2. The Morgan fingerprint density at radius 3 is 2.00 bits per heavy atom. The Balaban J connectivity index is 0. The number of amidine groups is 1. The van der Waals surface area contributed by atoms with Crippen molar-refractivity contribution in [3.8, 4) is 0 Å². The van der Waals surface area contributed by atoms with Gasteiger partial charge in [-0.25, -0.2) is 0 Å². The van der Waals surface area contributed by atoms with Crippen molar-refractivity contribution >= 4 is 12.6 Å². The number of hydrogen-bond donors (Lipinski definition) is 4. The summed E-state index contributed by atoms with van der Waals surface area (Å²) in [6, 6.07) is 8.85. The third-order valence-corrected chi connectivity index (χ3v) is 3.91. The first-order chi connectivity index (χ1) is 12.5. The van der Waals surface area contributed by atoms with E-state index in [4.69, 9.17) is 21.7 Å². The van der Waals surface area contributed by atoms with Gasteiger partial charge < -0.3 is 21.4 Å². The molecule has 6 N–H and O–H groups in total. The number of hydrogen-bond acceptors (Lipinski definition) is 4. The number of benzene rings is 1. The highest BCUT2D eigenvalue weighted by atomic mass is 16.3. The summed E-state index contributed by atoms with van der Waals surface area (Å²) in [5.41, 5.74) is 13.3. The first kappa shape index (κ1) is 27.1. The van der Waals surface area contributed by atoms with Crippen LogP contribution in [0.3, 0.4) is 0 Å². The van der Waals surface area contributed by atoms with Crippen molar-refractivity contribution in [2.75, 3.05) is 0 Å². The maximum absolute atomic E-state index is 9.77. The second kappa shape index (κ2) is 14.0. The van der Waals surface area contributed by atoms with Crippen LogP contribution in [0.15, 0.2) is 36.1 Å². The lowest BCUT2D eigenvalue weighted by molar-refractivity contribution is -0.0979. The third-order valence-electron chi connectivity index (χ3n) is 3.91. The first-order valence-corrected chi connectivity index (χ1v) is 9.35. The Kier molecular flexibility index (Phi) is 14.0. The summed E-state index contributed by atoms with van der Waals surface area (Å²) >= 11 is 0. The van der Waals surface area contributed by atoms with Gasteiger partial charge in [-0.3, -0.25) is 5.41 Å². The molecule has 2 unspecified atom stereocenters. The van der Waals surface area contributed by atoms with Crippen LogP contribution in [0.1, 0.15) is 65.5 Å². The summed E-state index contributed by atoms with van der Waals surface area (Å²) in [5.74, 6) is 0.00390. The van der Waals surface area contributed by atoms with Gasteiger partial charge in [-0.15, -0.1) is 0 Å². The molecule has 0 heterocycles. The summed E-state index contributed by atoms with van der Waals surface area (Å²) in [7, 11) is 0. The Morgan fingerprint density at radius 2 is 1.70 bits per heavy atom. The molecule has 1 aromatic rings. The molecular weight excluding hydrogens is 338 g/mol. The minimum atomic E-state index is -0.118. The van der Waals surface area contributed by atoms with E-state index in [0.717, 1.165) is 12.8 Å². The smallest absolute Gasteiger partial charge is 0.118 e. The number of rotatable bonds is 6. The molecule has 0 aliphatic heterocycles. The van der Waals surface area contributed by atoms with Gasteiger partial charge >= 0.3 is 0 Å². The lowest BCUT2D eigenvalue weighted by atomic mass is 9.86. The van der Waals surface area contributed by atoms with Crippen LogP contribution in [-0.2, 0) is 16.6 Å². The Hall–Kier alpha value is -2.14. The molecule has 5 nitrogen and oxygen atoms in total. The van der Waals surface area contributed by atoms with E-state index in [1.807, 2.05) is 20.6 Å². The number of aliphatic hydroxyl groups excluding tert-OH is 1. The summed E-state index contributed by atoms with van der Waals surface area (Å²) < 4.78 is 0. The third kappa shape index (κ3) is 13.7. The monoisotopic (exact) mass is 377 g/mol. The molecule has 0 aliphatic carbocycles. The molecule has 0 radical (unpaired) electrons. The fraction of sp³-hybridized carbons (Fsp3) is 0.545. The van der Waals surface area contributed by atoms with Crippen LogP contribution in [0.5, 0.6) is 0 Å². The highest BCUT2D eigenvalue weighted by Crippen LogP contribution is 2.23. The summed E-state index contributed by atoms with van der Waals surface area (Å²) in [6.45, 7) is 14.7. The average Bonchev–Trinajstić information content (AvgIpc) is 2.56. The predicted molar refractivity (Wildman–Crippen MR) is 116 cm³/mol. The fourth-order valence-corrected chi connectivity index (χ4v) is 2.36. The molecule has 0 fully saturated rings. The van der Waals surface area contributed by atoms with Crippen molar-refractivity contribution in [2.24, 2.45) is 17.4 Å². The minimum Gasteiger partial charge on any atom is -0.512 e. The molecule has 0 bridgehead atoms. The van der Waals surface area contributed by atoms with E-state index in [1.165, 1.54) is 23.6 Å². The molecule has 5 heteroatoms. The Bertz CT molecular complexity index is 558. The van der Waals surface area contributed by atoms with E-state index in [0.29, 0.717) is 6.04 Å². The van der Waals surface area contributed by atoms with Crippen LogP contribution in [0.2, 0.25) is 0 Å². The normalized spacial score (nSPS) is 13.4. The van der Waals surface area contributed by atoms with Crippen LogP contribution < -0.4 is 11.5 Å². The molecule has 0 spiro atoms. The molecule has 0 saturated carbocycles. The van der Waals surface area contributed by atoms with Crippen molar-refractivity contribution in [1.29, 1.82) is 5.41 Å². The number of allylic oxidation sites excluding steroid dienone is 1. The van der Waals surface area contributed by atoms with E-state index in [1.54, 1.807) is 0 Å². The second-order valence-corrected chi connectivity index (χ2v) is 7.84. The highest BCUT2D eigenvalue weighted by Gasteiger charge is 2.14. The molecule has 1 rings (SSSR count). The van der Waals surface area contributed by atoms with Crippen molar-refractivity contribution in [1.82, 2.24) is 0 Å². The minimum absolute atomic E-state index is 0.0376. The highest BCUT2D eigenvalue weighted by molar-refractivity contribution is 5.88. The maximum Gasteiger partial charge on any atom is 0.118 e. The van der Waals surface area contributed by atoms with Crippen LogP contribution in [0, 0.1) is 11.3 Å². The summed E-state index contributed by atoms with van der Waals surface area (Å²) in [5, 5.41) is 16.9. The van der Waals surface area contributed by atoms with Crippen molar-refractivity contribution in [3.05, 3.63) is 47.2 Å². The average molecular weight is 378 g/mol. The predicted octanol–water partition coefficient (Wildman–Crippen LogP) is 4.49.